The summed E-state index contributed by atoms with van der Waals surface area (Å²) >= 11 is 0. The van der Waals surface area contributed by atoms with E-state index in [-0.39, 0.29) is 6.04 Å². The molecular weight excluding hydrogens is 262 g/mol. The molecule has 0 radical (unpaired) electrons. The molecule has 0 spiro atoms. The number of hydrogen-bond acceptors (Lipinski definition) is 4. The highest BCUT2D eigenvalue weighted by atomic mass is 16.5. The molecule has 1 N–H and O–H groups in total. The minimum Gasteiger partial charge on any atom is -0.495 e. The third-order valence-corrected chi connectivity index (χ3v) is 3.60. The second kappa shape index (κ2) is 5.89. The van der Waals surface area contributed by atoms with Crippen LogP contribution >= 0.6 is 0 Å². The largest absolute Gasteiger partial charge is 0.495 e. The fraction of sp³-hybridized carbons (Fsp3) is 0.176. The number of methoxy groups -OCH3 is 1. The molecule has 3 aromatic rings. The molecule has 21 heavy (non-hydrogen) atoms. The summed E-state index contributed by atoms with van der Waals surface area (Å²) in [6, 6.07) is 12.3. The molecular formula is C17H17N3O. The van der Waals surface area contributed by atoms with Crippen LogP contribution in [0.5, 0.6) is 5.75 Å². The second-order valence-corrected chi connectivity index (χ2v) is 4.79. The van der Waals surface area contributed by atoms with E-state index in [1.54, 1.807) is 19.5 Å². The number of pyridine rings is 2. The molecule has 0 aliphatic carbocycles. The van der Waals surface area contributed by atoms with Crippen molar-refractivity contribution >= 4 is 10.9 Å². The first-order chi connectivity index (χ1) is 10.3. The van der Waals surface area contributed by atoms with Gasteiger partial charge in [0.1, 0.15) is 5.75 Å². The summed E-state index contributed by atoms with van der Waals surface area (Å²) < 4.78 is 5.42. The van der Waals surface area contributed by atoms with Gasteiger partial charge in [0.15, 0.2) is 0 Å². The molecule has 0 saturated heterocycles. The maximum absolute atomic E-state index is 5.42. The van der Waals surface area contributed by atoms with Gasteiger partial charge in [-0.1, -0.05) is 18.2 Å². The molecule has 0 saturated carbocycles. The number of nitrogens with zero attached hydrogens (tertiary/aromatic N) is 2. The van der Waals surface area contributed by atoms with Crippen LogP contribution in [-0.2, 0) is 0 Å². The maximum Gasteiger partial charge on any atom is 0.142 e. The van der Waals surface area contributed by atoms with Gasteiger partial charge in [-0.2, -0.15) is 0 Å². The van der Waals surface area contributed by atoms with Crippen LogP contribution < -0.4 is 10.1 Å². The van der Waals surface area contributed by atoms with Crippen molar-refractivity contribution in [3.05, 3.63) is 66.1 Å². The van der Waals surface area contributed by atoms with Crippen LogP contribution in [0.4, 0.5) is 0 Å². The molecule has 0 aliphatic rings. The van der Waals surface area contributed by atoms with Crippen molar-refractivity contribution < 1.29 is 4.74 Å². The molecule has 4 heteroatoms. The van der Waals surface area contributed by atoms with Crippen LogP contribution in [0.15, 0.2) is 55.0 Å². The molecule has 0 aliphatic heterocycles. The summed E-state index contributed by atoms with van der Waals surface area (Å²) in [5, 5.41) is 4.48. The third kappa shape index (κ3) is 2.58. The van der Waals surface area contributed by atoms with E-state index in [0.29, 0.717) is 0 Å². The van der Waals surface area contributed by atoms with Crippen molar-refractivity contribution in [2.45, 2.75) is 6.04 Å². The minimum atomic E-state index is 0.0364. The number of hydrogen-bond donors (Lipinski definition) is 1. The van der Waals surface area contributed by atoms with Crippen molar-refractivity contribution in [2.75, 3.05) is 14.2 Å². The standard InChI is InChI=1S/C17H17N3O/c1-18-17(14-7-9-19-11-16(14)21-2)13-6-5-12-4-3-8-20-15(12)10-13/h3-11,17-18H,1-2H3. The van der Waals surface area contributed by atoms with Gasteiger partial charge >= 0.3 is 0 Å². The predicted octanol–water partition coefficient (Wildman–Crippen LogP) is 2.95. The van der Waals surface area contributed by atoms with Gasteiger partial charge in [0.05, 0.1) is 24.9 Å². The van der Waals surface area contributed by atoms with Crippen LogP contribution in [0, 0.1) is 0 Å². The molecule has 1 aromatic carbocycles. The van der Waals surface area contributed by atoms with E-state index < -0.39 is 0 Å². The van der Waals surface area contributed by atoms with E-state index in [4.69, 9.17) is 4.74 Å². The van der Waals surface area contributed by atoms with Crippen molar-refractivity contribution in [3.63, 3.8) is 0 Å². The van der Waals surface area contributed by atoms with E-state index in [2.05, 4.69) is 39.6 Å². The molecule has 0 bridgehead atoms. The lowest BCUT2D eigenvalue weighted by Gasteiger charge is -2.19. The number of rotatable bonds is 4. The first kappa shape index (κ1) is 13.5. The van der Waals surface area contributed by atoms with Crippen LogP contribution in [0.2, 0.25) is 0 Å². The fourth-order valence-corrected chi connectivity index (χ4v) is 2.56. The molecule has 2 aromatic heterocycles. The van der Waals surface area contributed by atoms with Crippen LogP contribution in [0.1, 0.15) is 17.2 Å². The van der Waals surface area contributed by atoms with Crippen LogP contribution in [-0.4, -0.2) is 24.1 Å². The smallest absolute Gasteiger partial charge is 0.142 e. The molecule has 0 fully saturated rings. The van der Waals surface area contributed by atoms with Gasteiger partial charge in [0, 0.05) is 23.3 Å². The van der Waals surface area contributed by atoms with Crippen LogP contribution in [0.3, 0.4) is 0 Å². The van der Waals surface area contributed by atoms with Gasteiger partial charge in [-0.25, -0.2) is 0 Å². The Labute approximate surface area is 123 Å². The van der Waals surface area contributed by atoms with E-state index in [9.17, 15) is 0 Å². The topological polar surface area (TPSA) is 47.0 Å². The zero-order chi connectivity index (χ0) is 14.7. The Kier molecular flexibility index (Phi) is 3.79. The van der Waals surface area contributed by atoms with Gasteiger partial charge in [0.2, 0.25) is 0 Å². The molecule has 1 unspecified atom stereocenters. The van der Waals surface area contributed by atoms with Gasteiger partial charge in [0.25, 0.3) is 0 Å². The Balaban J connectivity index is 2.09. The Bertz CT molecular complexity index is 758. The zero-order valence-corrected chi connectivity index (χ0v) is 12.1. The Morgan fingerprint density at radius 2 is 2.05 bits per heavy atom. The van der Waals surface area contributed by atoms with Crippen molar-refractivity contribution in [2.24, 2.45) is 0 Å². The van der Waals surface area contributed by atoms with Crippen LogP contribution in [0.25, 0.3) is 10.9 Å². The average molecular weight is 279 g/mol. The normalized spacial score (nSPS) is 12.3. The number of ether oxygens (including phenoxy) is 1. The molecule has 106 valence electrons. The summed E-state index contributed by atoms with van der Waals surface area (Å²) in [6.45, 7) is 0. The quantitative estimate of drug-likeness (QED) is 0.797. The van der Waals surface area contributed by atoms with Gasteiger partial charge in [-0.3, -0.25) is 9.97 Å². The van der Waals surface area contributed by atoms with Crippen molar-refractivity contribution in [3.8, 4) is 5.75 Å². The second-order valence-electron chi connectivity index (χ2n) is 4.79. The summed E-state index contributed by atoms with van der Waals surface area (Å²) in [7, 11) is 3.60. The summed E-state index contributed by atoms with van der Waals surface area (Å²) in [4.78, 5) is 8.53. The van der Waals surface area contributed by atoms with E-state index in [1.165, 1.54) is 0 Å². The van der Waals surface area contributed by atoms with E-state index in [0.717, 1.165) is 27.8 Å². The van der Waals surface area contributed by atoms with E-state index >= 15 is 0 Å². The first-order valence-electron chi connectivity index (χ1n) is 6.83. The van der Waals surface area contributed by atoms with Gasteiger partial charge in [-0.15, -0.1) is 0 Å². The van der Waals surface area contributed by atoms with Crippen molar-refractivity contribution in [1.29, 1.82) is 0 Å². The highest BCUT2D eigenvalue weighted by molar-refractivity contribution is 5.79. The Morgan fingerprint density at radius 1 is 1.14 bits per heavy atom. The maximum atomic E-state index is 5.42. The van der Waals surface area contributed by atoms with Gasteiger partial charge in [-0.05, 0) is 30.8 Å². The lowest BCUT2D eigenvalue weighted by molar-refractivity contribution is 0.403. The van der Waals surface area contributed by atoms with E-state index in [1.807, 2.05) is 25.4 Å². The lowest BCUT2D eigenvalue weighted by atomic mass is 9.98. The van der Waals surface area contributed by atoms with Crippen molar-refractivity contribution in [1.82, 2.24) is 15.3 Å². The minimum absolute atomic E-state index is 0.0364. The Morgan fingerprint density at radius 3 is 2.86 bits per heavy atom. The number of fused-ring (bicyclic) bond motifs is 1. The number of aromatic nitrogens is 2. The molecule has 3 rings (SSSR count). The third-order valence-electron chi connectivity index (χ3n) is 3.60. The molecule has 0 amide bonds. The van der Waals surface area contributed by atoms with Gasteiger partial charge < -0.3 is 10.1 Å². The lowest BCUT2D eigenvalue weighted by Crippen LogP contribution is -2.18. The highest BCUT2D eigenvalue weighted by Gasteiger charge is 2.16. The number of nitrogens with one attached hydrogen (secondary N) is 1. The average Bonchev–Trinajstić information content (AvgIpc) is 2.56. The first-order valence-corrected chi connectivity index (χ1v) is 6.83. The molecule has 1 atom stereocenters. The number of benzene rings is 1. The summed E-state index contributed by atoms with van der Waals surface area (Å²) in [5.41, 5.74) is 3.20. The summed E-state index contributed by atoms with van der Waals surface area (Å²) in [6.07, 6.45) is 5.33. The molecule has 2 heterocycles. The SMILES string of the molecule is CNC(c1ccc2cccnc2c1)c1ccncc1OC. The molecule has 4 nitrogen and oxygen atoms in total. The fourth-order valence-electron chi connectivity index (χ4n) is 2.56. The predicted molar refractivity (Wildman–Crippen MR) is 83.4 cm³/mol. The summed E-state index contributed by atoms with van der Waals surface area (Å²) in [5.74, 6) is 0.776. The zero-order valence-electron chi connectivity index (χ0n) is 12.1. The monoisotopic (exact) mass is 279 g/mol. The Hall–Kier alpha value is -2.46. The highest BCUT2D eigenvalue weighted by Crippen LogP contribution is 2.30.